The molecule has 0 aromatic heterocycles. The Morgan fingerprint density at radius 2 is 1.82 bits per heavy atom. The molecule has 6 nitrogen and oxygen atoms in total. The molecule has 1 amide bonds. The standard InChI is InChI=1S/C12H12F3NO5S/c1-2-8(11(18)19)16-10(17)7-5-3-4-6-9(7)22(20,21)12(13,14)15/h3-6,8H,2H2,1H3,(H,16,17)(H,18,19). The summed E-state index contributed by atoms with van der Waals surface area (Å²) in [6, 6.07) is 2.38. The normalized spacial score (nSPS) is 13.5. The summed E-state index contributed by atoms with van der Waals surface area (Å²) >= 11 is 0. The Balaban J connectivity index is 3.29. The molecule has 1 aromatic carbocycles. The second kappa shape index (κ2) is 6.34. The number of carbonyl (C=O) groups excluding carboxylic acids is 1. The summed E-state index contributed by atoms with van der Waals surface area (Å²) in [5.74, 6) is -2.59. The molecule has 1 unspecified atom stereocenters. The molecule has 0 aliphatic rings. The zero-order chi connectivity index (χ0) is 17.1. The van der Waals surface area contributed by atoms with Crippen molar-refractivity contribution in [2.24, 2.45) is 0 Å². The Kier molecular flexibility index (Phi) is 5.17. The zero-order valence-electron chi connectivity index (χ0n) is 11.2. The third-order valence-electron chi connectivity index (χ3n) is 2.74. The second-order valence-corrected chi connectivity index (χ2v) is 6.13. The van der Waals surface area contributed by atoms with Crippen molar-refractivity contribution in [3.8, 4) is 0 Å². The van der Waals surface area contributed by atoms with Gasteiger partial charge in [0.2, 0.25) is 0 Å². The predicted octanol–water partition coefficient (Wildman–Crippen LogP) is 1.57. The number of carboxylic acids is 1. The van der Waals surface area contributed by atoms with Crippen LogP contribution in [0.25, 0.3) is 0 Å². The van der Waals surface area contributed by atoms with Gasteiger partial charge in [-0.25, -0.2) is 13.2 Å². The Hall–Kier alpha value is -2.10. The maximum atomic E-state index is 12.6. The SMILES string of the molecule is CCC(NC(=O)c1ccccc1S(=O)(=O)C(F)(F)F)C(=O)O. The maximum absolute atomic E-state index is 12.6. The minimum atomic E-state index is -5.72. The van der Waals surface area contributed by atoms with Gasteiger partial charge in [0, 0.05) is 0 Å². The lowest BCUT2D eigenvalue weighted by atomic mass is 10.1. The summed E-state index contributed by atoms with van der Waals surface area (Å²) in [6.07, 6.45) is -0.0186. The number of hydrogen-bond acceptors (Lipinski definition) is 4. The third kappa shape index (κ3) is 3.56. The number of halogens is 3. The molecule has 0 bridgehead atoms. The van der Waals surface area contributed by atoms with E-state index in [1.54, 1.807) is 0 Å². The molecular weight excluding hydrogens is 327 g/mol. The van der Waals surface area contributed by atoms with Crippen LogP contribution in [0.3, 0.4) is 0 Å². The van der Waals surface area contributed by atoms with Gasteiger partial charge in [0.05, 0.1) is 10.5 Å². The van der Waals surface area contributed by atoms with E-state index in [1.807, 2.05) is 5.32 Å². The predicted molar refractivity (Wildman–Crippen MR) is 68.9 cm³/mol. The topological polar surface area (TPSA) is 101 Å². The van der Waals surface area contributed by atoms with Crippen molar-refractivity contribution < 1.29 is 36.3 Å². The summed E-state index contributed by atoms with van der Waals surface area (Å²) in [4.78, 5) is 21.5. The number of nitrogens with one attached hydrogen (secondary N) is 1. The Labute approximate surface area is 123 Å². The van der Waals surface area contributed by atoms with Crippen LogP contribution in [-0.4, -0.2) is 37.0 Å². The molecule has 0 aliphatic carbocycles. The quantitative estimate of drug-likeness (QED) is 0.848. The van der Waals surface area contributed by atoms with Crippen LogP contribution in [0.4, 0.5) is 13.2 Å². The smallest absolute Gasteiger partial charge is 0.480 e. The van der Waals surface area contributed by atoms with Crippen LogP contribution in [-0.2, 0) is 14.6 Å². The summed E-state index contributed by atoms with van der Waals surface area (Å²) in [7, 11) is -5.72. The average molecular weight is 339 g/mol. The molecule has 0 spiro atoms. The van der Waals surface area contributed by atoms with E-state index < -0.39 is 43.7 Å². The van der Waals surface area contributed by atoms with E-state index in [0.717, 1.165) is 12.1 Å². The average Bonchev–Trinajstić information content (AvgIpc) is 2.42. The Morgan fingerprint density at radius 3 is 2.27 bits per heavy atom. The first-order chi connectivity index (χ1) is 10.0. The van der Waals surface area contributed by atoms with Crippen LogP contribution in [0.5, 0.6) is 0 Å². The van der Waals surface area contributed by atoms with E-state index in [4.69, 9.17) is 5.11 Å². The lowest BCUT2D eigenvalue weighted by Crippen LogP contribution is -2.41. The van der Waals surface area contributed by atoms with Crippen LogP contribution < -0.4 is 5.32 Å². The lowest BCUT2D eigenvalue weighted by Gasteiger charge is -2.15. The minimum absolute atomic E-state index is 0.0186. The summed E-state index contributed by atoms with van der Waals surface area (Å²) < 4.78 is 60.7. The first-order valence-corrected chi connectivity index (χ1v) is 7.44. The minimum Gasteiger partial charge on any atom is -0.480 e. The Bertz CT molecular complexity index is 684. The summed E-state index contributed by atoms with van der Waals surface area (Å²) in [5.41, 5.74) is -6.33. The number of amides is 1. The maximum Gasteiger partial charge on any atom is 0.501 e. The van der Waals surface area contributed by atoms with Crippen molar-refractivity contribution in [2.75, 3.05) is 0 Å². The van der Waals surface area contributed by atoms with Crippen molar-refractivity contribution in [3.05, 3.63) is 29.8 Å². The van der Waals surface area contributed by atoms with E-state index in [2.05, 4.69) is 0 Å². The molecule has 0 saturated heterocycles. The van der Waals surface area contributed by atoms with E-state index in [1.165, 1.54) is 13.0 Å². The van der Waals surface area contributed by atoms with Gasteiger partial charge < -0.3 is 10.4 Å². The van der Waals surface area contributed by atoms with E-state index >= 15 is 0 Å². The van der Waals surface area contributed by atoms with Crippen LogP contribution in [0, 0.1) is 0 Å². The number of benzene rings is 1. The van der Waals surface area contributed by atoms with Crippen LogP contribution in [0.1, 0.15) is 23.7 Å². The lowest BCUT2D eigenvalue weighted by molar-refractivity contribution is -0.139. The Morgan fingerprint density at radius 1 is 1.27 bits per heavy atom. The van der Waals surface area contributed by atoms with Gasteiger partial charge in [-0.15, -0.1) is 0 Å². The first-order valence-electron chi connectivity index (χ1n) is 5.96. The van der Waals surface area contributed by atoms with Gasteiger partial charge in [-0.2, -0.15) is 13.2 Å². The fourth-order valence-electron chi connectivity index (χ4n) is 1.59. The molecule has 2 N–H and O–H groups in total. The monoisotopic (exact) mass is 339 g/mol. The fourth-order valence-corrected chi connectivity index (χ4v) is 2.54. The highest BCUT2D eigenvalue weighted by Gasteiger charge is 2.48. The number of alkyl halides is 3. The van der Waals surface area contributed by atoms with Crippen molar-refractivity contribution in [1.29, 1.82) is 0 Å². The number of rotatable bonds is 5. The molecule has 22 heavy (non-hydrogen) atoms. The number of sulfone groups is 1. The highest BCUT2D eigenvalue weighted by Crippen LogP contribution is 2.32. The first kappa shape index (κ1) is 18.0. The molecule has 0 radical (unpaired) electrons. The van der Waals surface area contributed by atoms with Crippen molar-refractivity contribution in [3.63, 3.8) is 0 Å². The van der Waals surface area contributed by atoms with Gasteiger partial charge in [-0.3, -0.25) is 4.79 Å². The van der Waals surface area contributed by atoms with Gasteiger partial charge in [0.25, 0.3) is 15.7 Å². The van der Waals surface area contributed by atoms with Crippen molar-refractivity contribution in [1.82, 2.24) is 5.32 Å². The zero-order valence-corrected chi connectivity index (χ0v) is 12.0. The van der Waals surface area contributed by atoms with Crippen LogP contribution in [0.15, 0.2) is 29.2 Å². The van der Waals surface area contributed by atoms with Crippen LogP contribution >= 0.6 is 0 Å². The molecule has 1 rings (SSSR count). The number of carboxylic acid groups (broad SMARTS) is 1. The van der Waals surface area contributed by atoms with Gasteiger partial charge in [0.1, 0.15) is 6.04 Å². The van der Waals surface area contributed by atoms with E-state index in [-0.39, 0.29) is 6.42 Å². The molecule has 1 atom stereocenters. The highest BCUT2D eigenvalue weighted by atomic mass is 32.2. The van der Waals surface area contributed by atoms with Crippen molar-refractivity contribution in [2.45, 2.75) is 29.8 Å². The summed E-state index contributed by atoms with van der Waals surface area (Å²) in [5, 5.41) is 10.8. The molecule has 0 heterocycles. The van der Waals surface area contributed by atoms with Gasteiger partial charge >= 0.3 is 11.5 Å². The van der Waals surface area contributed by atoms with E-state index in [9.17, 15) is 31.2 Å². The van der Waals surface area contributed by atoms with Gasteiger partial charge in [-0.1, -0.05) is 19.1 Å². The molecule has 0 aliphatic heterocycles. The molecule has 0 fully saturated rings. The van der Waals surface area contributed by atoms with Gasteiger partial charge in [0.15, 0.2) is 0 Å². The summed E-state index contributed by atoms with van der Waals surface area (Å²) in [6.45, 7) is 1.44. The van der Waals surface area contributed by atoms with E-state index in [0.29, 0.717) is 6.07 Å². The molecular formula is C12H12F3NO5S. The number of hydrogen-bond donors (Lipinski definition) is 2. The number of carbonyl (C=O) groups is 2. The molecule has 122 valence electrons. The van der Waals surface area contributed by atoms with Crippen LogP contribution in [0.2, 0.25) is 0 Å². The largest absolute Gasteiger partial charge is 0.501 e. The highest BCUT2D eigenvalue weighted by molar-refractivity contribution is 7.92. The number of aliphatic carboxylic acids is 1. The third-order valence-corrected chi connectivity index (χ3v) is 4.28. The van der Waals surface area contributed by atoms with Gasteiger partial charge in [-0.05, 0) is 18.6 Å². The molecule has 10 heteroatoms. The molecule has 0 saturated carbocycles. The fraction of sp³-hybridized carbons (Fsp3) is 0.333. The molecule has 1 aromatic rings. The van der Waals surface area contributed by atoms with Crippen molar-refractivity contribution >= 4 is 21.7 Å². The second-order valence-electron chi connectivity index (χ2n) is 4.22.